The average Bonchev–Trinajstić information content (AvgIpc) is 2.26. The quantitative estimate of drug-likeness (QED) is 0.640. The summed E-state index contributed by atoms with van der Waals surface area (Å²) in [6, 6.07) is 11.3. The van der Waals surface area contributed by atoms with Gasteiger partial charge >= 0.3 is 29.6 Å². The van der Waals surface area contributed by atoms with Crippen molar-refractivity contribution in [3.05, 3.63) is 47.5 Å². The van der Waals surface area contributed by atoms with E-state index in [2.05, 4.69) is 0 Å². The van der Waals surface area contributed by atoms with Crippen LogP contribution in [0.3, 0.4) is 0 Å². The van der Waals surface area contributed by atoms with Crippen LogP contribution in [0.2, 0.25) is 0 Å². The summed E-state index contributed by atoms with van der Waals surface area (Å²) in [4.78, 5) is 11.4. The van der Waals surface area contributed by atoms with Gasteiger partial charge in [0.1, 0.15) is 0 Å². The van der Waals surface area contributed by atoms with Crippen LogP contribution in [-0.2, 0) is 5.41 Å². The van der Waals surface area contributed by atoms with E-state index in [0.717, 1.165) is 16.3 Å². The minimum atomic E-state index is -1.10. The summed E-state index contributed by atoms with van der Waals surface area (Å²) in [6.45, 7) is 6.01. The molecular weight excluding hydrogens is 235 g/mol. The van der Waals surface area contributed by atoms with Crippen molar-refractivity contribution in [3.63, 3.8) is 0 Å². The van der Waals surface area contributed by atoms with Crippen LogP contribution in [0, 0.1) is 0 Å². The minimum Gasteiger partial charge on any atom is -0.545 e. The van der Waals surface area contributed by atoms with Gasteiger partial charge in [-0.3, -0.25) is 0 Å². The molecular formula is C15H15NaO2. The Balaban J connectivity index is 0.00000162. The number of rotatable bonds is 1. The summed E-state index contributed by atoms with van der Waals surface area (Å²) < 4.78 is 0. The first kappa shape index (κ1) is 15.2. The van der Waals surface area contributed by atoms with E-state index < -0.39 is 5.97 Å². The number of carbonyl (C=O) groups is 1. The summed E-state index contributed by atoms with van der Waals surface area (Å²) >= 11 is 0. The minimum absolute atomic E-state index is 0. The zero-order chi connectivity index (χ0) is 12.6. The normalized spacial score (nSPS) is 11.1. The van der Waals surface area contributed by atoms with Gasteiger partial charge in [-0.2, -0.15) is 0 Å². The monoisotopic (exact) mass is 250 g/mol. The molecule has 3 heteroatoms. The summed E-state index contributed by atoms with van der Waals surface area (Å²) in [5.74, 6) is -1.10. The molecule has 0 unspecified atom stereocenters. The molecule has 0 aliphatic heterocycles. The number of carboxylic acid groups (broad SMARTS) is 1. The Morgan fingerprint density at radius 2 is 1.67 bits per heavy atom. The number of aromatic carboxylic acids is 1. The molecule has 2 nitrogen and oxygen atoms in total. The van der Waals surface area contributed by atoms with Crippen molar-refractivity contribution >= 4 is 16.7 Å². The van der Waals surface area contributed by atoms with Gasteiger partial charge in [0.15, 0.2) is 0 Å². The molecule has 18 heavy (non-hydrogen) atoms. The van der Waals surface area contributed by atoms with Crippen LogP contribution in [0.5, 0.6) is 0 Å². The number of carboxylic acids is 1. The number of benzene rings is 2. The Morgan fingerprint density at radius 3 is 2.22 bits per heavy atom. The molecule has 2 rings (SSSR count). The molecule has 0 N–H and O–H groups in total. The average molecular weight is 250 g/mol. The zero-order valence-corrected chi connectivity index (χ0v) is 13.3. The Kier molecular flexibility index (Phi) is 4.60. The van der Waals surface area contributed by atoms with E-state index in [1.165, 1.54) is 0 Å². The number of hydrogen-bond acceptors (Lipinski definition) is 2. The van der Waals surface area contributed by atoms with Gasteiger partial charge in [-0.1, -0.05) is 57.2 Å². The number of fused-ring (bicyclic) bond motifs is 1. The van der Waals surface area contributed by atoms with Gasteiger partial charge in [0, 0.05) is 5.56 Å². The maximum absolute atomic E-state index is 11.4. The van der Waals surface area contributed by atoms with Gasteiger partial charge < -0.3 is 9.90 Å². The fourth-order valence-corrected chi connectivity index (χ4v) is 2.12. The third kappa shape index (κ3) is 2.77. The smallest absolute Gasteiger partial charge is 0.545 e. The van der Waals surface area contributed by atoms with Gasteiger partial charge in [0.2, 0.25) is 0 Å². The first-order valence-electron chi connectivity index (χ1n) is 5.65. The van der Waals surface area contributed by atoms with E-state index in [4.69, 9.17) is 0 Å². The van der Waals surface area contributed by atoms with Gasteiger partial charge in [-0.15, -0.1) is 0 Å². The molecule has 0 amide bonds. The third-order valence-electron chi connectivity index (χ3n) is 2.94. The summed E-state index contributed by atoms with van der Waals surface area (Å²) in [6.07, 6.45) is 0. The zero-order valence-electron chi connectivity index (χ0n) is 11.3. The molecule has 88 valence electrons. The molecule has 0 aliphatic carbocycles. The summed E-state index contributed by atoms with van der Waals surface area (Å²) in [5.41, 5.74) is 0.922. The van der Waals surface area contributed by atoms with Gasteiger partial charge in [-0.25, -0.2) is 0 Å². The number of carbonyl (C=O) groups excluding carboxylic acids is 1. The maximum Gasteiger partial charge on any atom is 1.00 e. The van der Waals surface area contributed by atoms with Crippen LogP contribution in [0.25, 0.3) is 10.8 Å². The predicted octanol–water partition coefficient (Wildman–Crippen LogP) is -0.495. The van der Waals surface area contributed by atoms with Crippen LogP contribution in [0.4, 0.5) is 0 Å². The van der Waals surface area contributed by atoms with Crippen molar-refractivity contribution < 1.29 is 39.5 Å². The Hall–Kier alpha value is -0.830. The van der Waals surface area contributed by atoms with E-state index in [9.17, 15) is 9.90 Å². The van der Waals surface area contributed by atoms with Crippen LogP contribution >= 0.6 is 0 Å². The van der Waals surface area contributed by atoms with Crippen LogP contribution < -0.4 is 34.7 Å². The summed E-state index contributed by atoms with van der Waals surface area (Å²) in [5, 5.41) is 13.1. The third-order valence-corrected chi connectivity index (χ3v) is 2.94. The molecule has 0 aliphatic rings. The second-order valence-electron chi connectivity index (χ2n) is 5.25. The molecule has 0 fully saturated rings. The second kappa shape index (κ2) is 5.43. The predicted molar refractivity (Wildman–Crippen MR) is 67.0 cm³/mol. The Labute approximate surface area is 129 Å². The largest absolute Gasteiger partial charge is 1.00 e. The van der Waals surface area contributed by atoms with Crippen molar-refractivity contribution in [2.45, 2.75) is 26.2 Å². The Morgan fingerprint density at radius 1 is 1.06 bits per heavy atom. The van der Waals surface area contributed by atoms with Crippen molar-refractivity contribution in [2.24, 2.45) is 0 Å². The molecule has 0 radical (unpaired) electrons. The fraction of sp³-hybridized carbons (Fsp3) is 0.267. The van der Waals surface area contributed by atoms with Crippen molar-refractivity contribution in [3.8, 4) is 0 Å². The van der Waals surface area contributed by atoms with E-state index in [0.29, 0.717) is 5.56 Å². The standard InChI is InChI=1S/C15H16O2.Na/c1-15(2,3)12-9-8-10-6-4-5-7-11(10)13(12)14(16)17;/h4-9H,1-3H3,(H,16,17);/q;+1/p-1. The molecule has 0 saturated heterocycles. The molecule has 2 aromatic carbocycles. The van der Waals surface area contributed by atoms with Gasteiger partial charge in [0.25, 0.3) is 0 Å². The molecule has 0 saturated carbocycles. The molecule has 0 bridgehead atoms. The number of hydrogen-bond donors (Lipinski definition) is 0. The van der Waals surface area contributed by atoms with E-state index in [1.807, 2.05) is 57.2 Å². The van der Waals surface area contributed by atoms with Gasteiger partial charge in [0.05, 0.1) is 5.97 Å². The second-order valence-corrected chi connectivity index (χ2v) is 5.25. The topological polar surface area (TPSA) is 40.1 Å². The maximum atomic E-state index is 11.4. The molecule has 0 atom stereocenters. The molecule has 0 spiro atoms. The Bertz CT molecular complexity index is 583. The van der Waals surface area contributed by atoms with Crippen LogP contribution in [0.1, 0.15) is 36.7 Å². The molecule has 0 aromatic heterocycles. The first-order chi connectivity index (χ1) is 7.91. The van der Waals surface area contributed by atoms with Gasteiger partial charge in [-0.05, 0) is 21.8 Å². The molecule has 0 heterocycles. The van der Waals surface area contributed by atoms with Crippen molar-refractivity contribution in [2.75, 3.05) is 0 Å². The van der Waals surface area contributed by atoms with Crippen molar-refractivity contribution in [1.29, 1.82) is 0 Å². The fourth-order valence-electron chi connectivity index (χ4n) is 2.12. The summed E-state index contributed by atoms with van der Waals surface area (Å²) in [7, 11) is 0. The van der Waals surface area contributed by atoms with E-state index in [1.54, 1.807) is 0 Å². The van der Waals surface area contributed by atoms with E-state index in [-0.39, 0.29) is 35.0 Å². The van der Waals surface area contributed by atoms with Crippen molar-refractivity contribution in [1.82, 2.24) is 0 Å². The van der Waals surface area contributed by atoms with Crippen LogP contribution in [-0.4, -0.2) is 5.97 Å². The van der Waals surface area contributed by atoms with Crippen LogP contribution in [0.15, 0.2) is 36.4 Å². The van der Waals surface area contributed by atoms with E-state index >= 15 is 0 Å². The first-order valence-corrected chi connectivity index (χ1v) is 5.65. The SMILES string of the molecule is CC(C)(C)c1ccc2ccccc2c1C(=O)[O-].[Na+]. The molecule has 2 aromatic rings.